The van der Waals surface area contributed by atoms with Crippen LogP contribution in [0.25, 0.3) is 0 Å². The molecule has 0 aliphatic carbocycles. The third kappa shape index (κ3) is 3.35. The number of hydrogen-bond donors (Lipinski definition) is 1. The number of carbonyl (C=O) groups is 1. The van der Waals surface area contributed by atoms with Crippen LogP contribution in [0.2, 0.25) is 5.02 Å². The third-order valence-electron chi connectivity index (χ3n) is 2.83. The van der Waals surface area contributed by atoms with Gasteiger partial charge < -0.3 is 10.3 Å². The second-order valence-electron chi connectivity index (χ2n) is 4.41. The minimum atomic E-state index is -0.0299. The number of nitrogen functional groups attached to an aromatic ring is 1. The van der Waals surface area contributed by atoms with Crippen LogP contribution in [0.4, 0.5) is 5.69 Å². The Morgan fingerprint density at radius 2 is 2.21 bits per heavy atom. The molecule has 0 aliphatic rings. The zero-order chi connectivity index (χ0) is 13.8. The molecule has 2 rings (SSSR count). The predicted molar refractivity (Wildman–Crippen MR) is 76.4 cm³/mol. The number of aromatic nitrogens is 2. The molecule has 2 aromatic rings. The molecule has 100 valence electrons. The molecule has 19 heavy (non-hydrogen) atoms. The highest BCUT2D eigenvalue weighted by Gasteiger charge is 2.12. The molecule has 2 N–H and O–H groups in total. The topological polar surface area (TPSA) is 60.9 Å². The highest BCUT2D eigenvalue weighted by atomic mass is 35.5. The molecule has 0 amide bonds. The first-order valence-electron chi connectivity index (χ1n) is 6.19. The Labute approximate surface area is 117 Å². The van der Waals surface area contributed by atoms with E-state index in [1.54, 1.807) is 24.4 Å². The van der Waals surface area contributed by atoms with Crippen LogP contribution in [0.5, 0.6) is 0 Å². The molecule has 1 aromatic heterocycles. The molecule has 0 atom stereocenters. The number of nitrogens with zero attached hydrogens (tertiary/aromatic N) is 2. The Hall–Kier alpha value is -1.81. The van der Waals surface area contributed by atoms with Gasteiger partial charge in [-0.3, -0.25) is 4.79 Å². The summed E-state index contributed by atoms with van der Waals surface area (Å²) in [6.07, 6.45) is 4.86. The van der Waals surface area contributed by atoms with Gasteiger partial charge in [0, 0.05) is 35.2 Å². The fourth-order valence-electron chi connectivity index (χ4n) is 1.97. The second-order valence-corrected chi connectivity index (χ2v) is 4.85. The van der Waals surface area contributed by atoms with E-state index in [2.05, 4.69) is 11.9 Å². The number of ketones is 1. The number of hydrogen-bond acceptors (Lipinski definition) is 3. The van der Waals surface area contributed by atoms with Gasteiger partial charge in [-0.1, -0.05) is 18.5 Å². The van der Waals surface area contributed by atoms with Gasteiger partial charge in [-0.05, 0) is 24.6 Å². The van der Waals surface area contributed by atoms with Crippen molar-refractivity contribution in [3.8, 4) is 0 Å². The van der Waals surface area contributed by atoms with Gasteiger partial charge in [0.05, 0.1) is 6.42 Å². The van der Waals surface area contributed by atoms with Crippen molar-refractivity contribution in [3.63, 3.8) is 0 Å². The van der Waals surface area contributed by atoms with Crippen LogP contribution in [-0.4, -0.2) is 15.3 Å². The molecule has 0 unspecified atom stereocenters. The quantitative estimate of drug-likeness (QED) is 0.675. The number of anilines is 1. The summed E-state index contributed by atoms with van der Waals surface area (Å²) in [5, 5.41) is 0.472. The van der Waals surface area contributed by atoms with Crippen LogP contribution in [0, 0.1) is 0 Å². The number of imidazole rings is 1. The minimum absolute atomic E-state index is 0.0299. The van der Waals surface area contributed by atoms with Gasteiger partial charge in [0.2, 0.25) is 0 Å². The molecule has 1 aromatic carbocycles. The molecule has 5 heteroatoms. The Bertz CT molecular complexity index is 572. The van der Waals surface area contributed by atoms with Crippen molar-refractivity contribution < 1.29 is 4.79 Å². The molecule has 0 saturated heterocycles. The highest BCUT2D eigenvalue weighted by molar-refractivity contribution is 6.31. The van der Waals surface area contributed by atoms with Gasteiger partial charge in [0.25, 0.3) is 0 Å². The van der Waals surface area contributed by atoms with E-state index in [0.29, 0.717) is 16.3 Å². The average molecular weight is 278 g/mol. The molecular formula is C14H16ClN3O. The highest BCUT2D eigenvalue weighted by Crippen LogP contribution is 2.18. The van der Waals surface area contributed by atoms with E-state index in [-0.39, 0.29) is 12.2 Å². The first kappa shape index (κ1) is 13.6. The van der Waals surface area contributed by atoms with Gasteiger partial charge in [0.15, 0.2) is 5.78 Å². The van der Waals surface area contributed by atoms with Crippen LogP contribution in [-0.2, 0) is 13.0 Å². The molecule has 0 saturated carbocycles. The fourth-order valence-corrected chi connectivity index (χ4v) is 2.21. The normalized spacial score (nSPS) is 10.6. The molecule has 0 spiro atoms. The molecule has 0 fully saturated rings. The number of benzene rings is 1. The number of Topliss-reactive ketones (excluding diaryl/α,β-unsaturated/α-hetero) is 1. The SMILES string of the molecule is CCCn1ccnc1CC(=O)c1cc(N)cc(Cl)c1. The van der Waals surface area contributed by atoms with Gasteiger partial charge in [-0.2, -0.15) is 0 Å². The maximum Gasteiger partial charge on any atom is 0.170 e. The number of halogens is 1. The molecule has 0 bridgehead atoms. The summed E-state index contributed by atoms with van der Waals surface area (Å²) in [6, 6.07) is 4.89. The summed E-state index contributed by atoms with van der Waals surface area (Å²) < 4.78 is 1.99. The van der Waals surface area contributed by atoms with Crippen molar-refractivity contribution in [3.05, 3.63) is 47.0 Å². The van der Waals surface area contributed by atoms with Crippen LogP contribution in [0.3, 0.4) is 0 Å². The van der Waals surface area contributed by atoms with Crippen LogP contribution >= 0.6 is 11.6 Å². The van der Waals surface area contributed by atoms with E-state index in [0.717, 1.165) is 18.8 Å². The van der Waals surface area contributed by atoms with Gasteiger partial charge in [0.1, 0.15) is 5.82 Å². The summed E-state index contributed by atoms with van der Waals surface area (Å²) in [5.41, 5.74) is 6.71. The van der Waals surface area contributed by atoms with Crippen molar-refractivity contribution in [1.82, 2.24) is 9.55 Å². The molecule has 0 radical (unpaired) electrons. The zero-order valence-electron chi connectivity index (χ0n) is 10.8. The molecule has 4 nitrogen and oxygen atoms in total. The van der Waals surface area contributed by atoms with E-state index in [1.807, 2.05) is 10.8 Å². The van der Waals surface area contributed by atoms with Crippen molar-refractivity contribution >= 4 is 23.1 Å². The summed E-state index contributed by atoms with van der Waals surface area (Å²) in [4.78, 5) is 16.4. The number of aryl methyl sites for hydroxylation is 1. The second kappa shape index (κ2) is 5.89. The van der Waals surface area contributed by atoms with E-state index < -0.39 is 0 Å². The molecule has 0 aliphatic heterocycles. The van der Waals surface area contributed by atoms with Gasteiger partial charge >= 0.3 is 0 Å². The maximum atomic E-state index is 12.2. The smallest absolute Gasteiger partial charge is 0.170 e. The summed E-state index contributed by atoms with van der Waals surface area (Å²) in [7, 11) is 0. The monoisotopic (exact) mass is 277 g/mol. The van der Waals surface area contributed by atoms with Crippen LogP contribution in [0.15, 0.2) is 30.6 Å². The molecule has 1 heterocycles. The minimum Gasteiger partial charge on any atom is -0.399 e. The van der Waals surface area contributed by atoms with Gasteiger partial charge in [-0.25, -0.2) is 4.98 Å². The molecular weight excluding hydrogens is 262 g/mol. The van der Waals surface area contributed by atoms with Crippen molar-refractivity contribution in [1.29, 1.82) is 0 Å². The lowest BCUT2D eigenvalue weighted by Crippen LogP contribution is -2.10. The Morgan fingerprint density at radius 1 is 1.42 bits per heavy atom. The van der Waals surface area contributed by atoms with E-state index >= 15 is 0 Å². The van der Waals surface area contributed by atoms with E-state index in [1.165, 1.54) is 0 Å². The van der Waals surface area contributed by atoms with Crippen molar-refractivity contribution in [2.24, 2.45) is 0 Å². The summed E-state index contributed by atoms with van der Waals surface area (Å²) >= 11 is 5.90. The number of carbonyl (C=O) groups excluding carboxylic acids is 1. The first-order valence-corrected chi connectivity index (χ1v) is 6.57. The van der Waals surface area contributed by atoms with E-state index in [9.17, 15) is 4.79 Å². The lowest BCUT2D eigenvalue weighted by Gasteiger charge is -2.06. The van der Waals surface area contributed by atoms with Gasteiger partial charge in [-0.15, -0.1) is 0 Å². The number of rotatable bonds is 5. The Balaban J connectivity index is 2.18. The van der Waals surface area contributed by atoms with Crippen molar-refractivity contribution in [2.75, 3.05) is 5.73 Å². The zero-order valence-corrected chi connectivity index (χ0v) is 11.5. The van der Waals surface area contributed by atoms with E-state index in [4.69, 9.17) is 17.3 Å². The van der Waals surface area contributed by atoms with Crippen molar-refractivity contribution in [2.45, 2.75) is 26.3 Å². The predicted octanol–water partition coefficient (Wildman–Crippen LogP) is 2.95. The standard InChI is InChI=1S/C14H16ClN3O/c1-2-4-18-5-3-17-14(18)9-13(19)10-6-11(15)8-12(16)7-10/h3,5-8H,2,4,9,16H2,1H3. The third-order valence-corrected chi connectivity index (χ3v) is 3.05. The largest absolute Gasteiger partial charge is 0.399 e. The lowest BCUT2D eigenvalue weighted by molar-refractivity contribution is 0.0989. The van der Waals surface area contributed by atoms with Crippen LogP contribution in [0.1, 0.15) is 29.5 Å². The summed E-state index contributed by atoms with van der Waals surface area (Å²) in [6.45, 7) is 2.95. The summed E-state index contributed by atoms with van der Waals surface area (Å²) in [5.74, 6) is 0.739. The van der Waals surface area contributed by atoms with Crippen LogP contribution < -0.4 is 5.73 Å². The fraction of sp³-hybridized carbons (Fsp3) is 0.286. The first-order chi connectivity index (χ1) is 9.10. The Kier molecular flexibility index (Phi) is 4.22. The lowest BCUT2D eigenvalue weighted by atomic mass is 10.1. The maximum absolute atomic E-state index is 12.2. The average Bonchev–Trinajstić information content (AvgIpc) is 2.76. The Morgan fingerprint density at radius 3 is 2.89 bits per heavy atom. The number of nitrogens with two attached hydrogens (primary N) is 1.